The van der Waals surface area contributed by atoms with Crippen molar-refractivity contribution in [2.75, 3.05) is 6.54 Å². The summed E-state index contributed by atoms with van der Waals surface area (Å²) in [5, 5.41) is 2.88. The van der Waals surface area contributed by atoms with Crippen molar-refractivity contribution in [2.45, 2.75) is 39.5 Å². The topological polar surface area (TPSA) is 29.1 Å². The van der Waals surface area contributed by atoms with Gasteiger partial charge in [0.25, 0.3) is 0 Å². The molecule has 0 aliphatic carbocycles. The maximum Gasteiger partial charge on any atom is 0.226 e. The summed E-state index contributed by atoms with van der Waals surface area (Å²) >= 11 is 0. The summed E-state index contributed by atoms with van der Waals surface area (Å²) in [4.78, 5) is 11.3. The van der Waals surface area contributed by atoms with Gasteiger partial charge >= 0.3 is 0 Å². The Morgan fingerprint density at radius 3 is 2.82 bits per heavy atom. The van der Waals surface area contributed by atoms with Crippen molar-refractivity contribution in [3.8, 4) is 0 Å². The summed E-state index contributed by atoms with van der Waals surface area (Å²) in [6, 6.07) is 0. The van der Waals surface area contributed by atoms with Gasteiger partial charge in [0.2, 0.25) is 5.91 Å². The van der Waals surface area contributed by atoms with Gasteiger partial charge in [-0.1, -0.05) is 26.7 Å². The maximum absolute atomic E-state index is 11.3. The predicted octanol–water partition coefficient (Wildman–Crippen LogP) is 1.70. The highest BCUT2D eigenvalue weighted by Crippen LogP contribution is 2.31. The number of nitrogens with one attached hydrogen (secondary N) is 1. The van der Waals surface area contributed by atoms with Crippen molar-refractivity contribution in [1.29, 1.82) is 0 Å². The molecule has 0 spiro atoms. The highest BCUT2D eigenvalue weighted by Gasteiger charge is 2.36. The molecule has 0 aromatic rings. The summed E-state index contributed by atoms with van der Waals surface area (Å²) in [7, 11) is 0. The van der Waals surface area contributed by atoms with Crippen LogP contribution in [0.5, 0.6) is 0 Å². The van der Waals surface area contributed by atoms with Crippen LogP contribution in [0.1, 0.15) is 39.5 Å². The van der Waals surface area contributed by atoms with E-state index in [1.165, 1.54) is 12.8 Å². The van der Waals surface area contributed by atoms with Crippen LogP contribution in [-0.2, 0) is 4.79 Å². The first-order valence-electron chi connectivity index (χ1n) is 4.47. The van der Waals surface area contributed by atoms with E-state index in [-0.39, 0.29) is 11.3 Å². The lowest BCUT2D eigenvalue weighted by Crippen LogP contribution is -2.28. The SMILES string of the molecule is CCCCC1(C)CCNC1=O. The molecule has 0 bridgehead atoms. The fraction of sp³-hybridized carbons (Fsp3) is 0.889. The lowest BCUT2D eigenvalue weighted by atomic mass is 9.83. The number of unbranched alkanes of at least 4 members (excludes halogenated alkanes) is 1. The quantitative estimate of drug-likeness (QED) is 0.660. The Labute approximate surface area is 68.4 Å². The fourth-order valence-electron chi connectivity index (χ4n) is 1.58. The van der Waals surface area contributed by atoms with Crippen LogP contribution in [0.4, 0.5) is 0 Å². The highest BCUT2D eigenvalue weighted by molar-refractivity contribution is 5.84. The van der Waals surface area contributed by atoms with E-state index in [1.807, 2.05) is 0 Å². The summed E-state index contributed by atoms with van der Waals surface area (Å²) in [6.07, 6.45) is 4.42. The van der Waals surface area contributed by atoms with Crippen LogP contribution in [0.2, 0.25) is 0 Å². The monoisotopic (exact) mass is 155 g/mol. The van der Waals surface area contributed by atoms with Gasteiger partial charge in [0.05, 0.1) is 0 Å². The van der Waals surface area contributed by atoms with E-state index in [9.17, 15) is 4.79 Å². The molecule has 1 unspecified atom stereocenters. The van der Waals surface area contributed by atoms with Crippen molar-refractivity contribution < 1.29 is 4.79 Å². The molecule has 1 rings (SSSR count). The van der Waals surface area contributed by atoms with Gasteiger partial charge < -0.3 is 5.32 Å². The number of rotatable bonds is 3. The van der Waals surface area contributed by atoms with Crippen LogP contribution >= 0.6 is 0 Å². The molecular formula is C9H17NO. The first-order chi connectivity index (χ1) is 5.19. The summed E-state index contributed by atoms with van der Waals surface area (Å²) in [5.74, 6) is 0.256. The first kappa shape index (κ1) is 8.57. The molecule has 1 aliphatic rings. The molecule has 0 radical (unpaired) electrons. The third-order valence-electron chi connectivity index (χ3n) is 2.59. The van der Waals surface area contributed by atoms with Gasteiger partial charge in [-0.15, -0.1) is 0 Å². The Bertz CT molecular complexity index is 156. The van der Waals surface area contributed by atoms with Crippen molar-refractivity contribution >= 4 is 5.91 Å². The number of hydrogen-bond acceptors (Lipinski definition) is 1. The van der Waals surface area contributed by atoms with E-state index in [0.29, 0.717) is 0 Å². The third-order valence-corrected chi connectivity index (χ3v) is 2.59. The Morgan fingerprint density at radius 2 is 2.36 bits per heavy atom. The number of hydrogen-bond donors (Lipinski definition) is 1. The minimum Gasteiger partial charge on any atom is -0.356 e. The van der Waals surface area contributed by atoms with Gasteiger partial charge in [0, 0.05) is 12.0 Å². The second-order valence-electron chi connectivity index (χ2n) is 3.67. The van der Waals surface area contributed by atoms with Crippen LogP contribution in [0, 0.1) is 5.41 Å². The maximum atomic E-state index is 11.3. The Morgan fingerprint density at radius 1 is 1.64 bits per heavy atom. The van der Waals surface area contributed by atoms with E-state index in [4.69, 9.17) is 0 Å². The van der Waals surface area contributed by atoms with E-state index in [2.05, 4.69) is 19.2 Å². The van der Waals surface area contributed by atoms with Crippen LogP contribution in [0.15, 0.2) is 0 Å². The Balaban J connectivity index is 2.44. The number of carbonyl (C=O) groups is 1. The van der Waals surface area contributed by atoms with Crippen molar-refractivity contribution in [3.63, 3.8) is 0 Å². The zero-order valence-corrected chi connectivity index (χ0v) is 7.44. The lowest BCUT2D eigenvalue weighted by Gasteiger charge is -2.19. The average Bonchev–Trinajstić information content (AvgIpc) is 2.30. The van der Waals surface area contributed by atoms with Gasteiger partial charge in [-0.3, -0.25) is 4.79 Å². The van der Waals surface area contributed by atoms with Gasteiger partial charge in [-0.25, -0.2) is 0 Å². The second-order valence-corrected chi connectivity index (χ2v) is 3.67. The molecule has 11 heavy (non-hydrogen) atoms. The van der Waals surface area contributed by atoms with Crippen LogP contribution in [0.25, 0.3) is 0 Å². The summed E-state index contributed by atoms with van der Waals surface area (Å²) in [5.41, 5.74) is -0.0456. The molecule has 0 aromatic heterocycles. The van der Waals surface area contributed by atoms with Crippen LogP contribution in [-0.4, -0.2) is 12.5 Å². The number of amides is 1. The minimum absolute atomic E-state index is 0.0456. The smallest absolute Gasteiger partial charge is 0.226 e. The minimum atomic E-state index is -0.0456. The van der Waals surface area contributed by atoms with Gasteiger partial charge in [0.1, 0.15) is 0 Å². The van der Waals surface area contributed by atoms with E-state index < -0.39 is 0 Å². The van der Waals surface area contributed by atoms with Crippen molar-refractivity contribution in [3.05, 3.63) is 0 Å². The molecular weight excluding hydrogens is 138 g/mol. The van der Waals surface area contributed by atoms with E-state index in [0.717, 1.165) is 19.4 Å². The van der Waals surface area contributed by atoms with Gasteiger partial charge in [-0.05, 0) is 12.8 Å². The summed E-state index contributed by atoms with van der Waals surface area (Å²) in [6.45, 7) is 5.11. The predicted molar refractivity (Wildman–Crippen MR) is 45.3 cm³/mol. The average molecular weight is 155 g/mol. The van der Waals surface area contributed by atoms with Crippen molar-refractivity contribution in [2.24, 2.45) is 5.41 Å². The van der Waals surface area contributed by atoms with E-state index in [1.54, 1.807) is 0 Å². The van der Waals surface area contributed by atoms with Gasteiger partial charge in [-0.2, -0.15) is 0 Å². The number of carbonyl (C=O) groups excluding carboxylic acids is 1. The molecule has 1 atom stereocenters. The molecule has 2 nitrogen and oxygen atoms in total. The molecule has 2 heteroatoms. The third kappa shape index (κ3) is 1.73. The van der Waals surface area contributed by atoms with Crippen LogP contribution in [0.3, 0.4) is 0 Å². The largest absolute Gasteiger partial charge is 0.356 e. The Kier molecular flexibility index (Phi) is 2.53. The molecule has 0 saturated carbocycles. The lowest BCUT2D eigenvalue weighted by molar-refractivity contribution is -0.127. The van der Waals surface area contributed by atoms with Gasteiger partial charge in [0.15, 0.2) is 0 Å². The standard InChI is InChI=1S/C9H17NO/c1-3-4-5-9(2)6-7-10-8(9)11/h3-7H2,1-2H3,(H,10,11). The molecule has 1 aliphatic heterocycles. The first-order valence-corrected chi connectivity index (χ1v) is 4.47. The molecule has 0 aromatic carbocycles. The highest BCUT2D eigenvalue weighted by atomic mass is 16.2. The van der Waals surface area contributed by atoms with Crippen molar-refractivity contribution in [1.82, 2.24) is 5.32 Å². The Hall–Kier alpha value is -0.530. The zero-order chi connectivity index (χ0) is 8.32. The van der Waals surface area contributed by atoms with Crippen LogP contribution < -0.4 is 5.32 Å². The normalized spacial score (nSPS) is 30.5. The molecule has 1 N–H and O–H groups in total. The van der Waals surface area contributed by atoms with E-state index >= 15 is 0 Å². The zero-order valence-electron chi connectivity index (χ0n) is 7.44. The second kappa shape index (κ2) is 3.24. The molecule has 1 saturated heterocycles. The molecule has 1 fully saturated rings. The molecule has 64 valence electrons. The fourth-order valence-corrected chi connectivity index (χ4v) is 1.58. The molecule has 1 amide bonds. The molecule has 1 heterocycles. The summed E-state index contributed by atoms with van der Waals surface area (Å²) < 4.78 is 0.